The van der Waals surface area contributed by atoms with Gasteiger partial charge >= 0.3 is 0 Å². The molecule has 0 saturated carbocycles. The van der Waals surface area contributed by atoms with Gasteiger partial charge in [-0.25, -0.2) is 0 Å². The Morgan fingerprint density at radius 3 is 2.18 bits per heavy atom. The average Bonchev–Trinajstić information content (AvgIpc) is 2.59. The Kier molecular flexibility index (Phi) is 4.99. The molecule has 1 N–H and O–H groups in total. The standard InChI is InChI=1S/C17H16N2O3/c1-21-15-7-13(8-16(9-15)22-2)11-19-17(20)14-5-3-12(10-18)4-6-14/h3-9H,11H2,1-2H3,(H,19,20). The molecule has 0 radical (unpaired) electrons. The molecule has 2 aromatic rings. The van der Waals surface area contributed by atoms with E-state index in [2.05, 4.69) is 5.32 Å². The predicted octanol–water partition coefficient (Wildman–Crippen LogP) is 2.51. The van der Waals surface area contributed by atoms with Crippen molar-refractivity contribution >= 4 is 5.91 Å². The third-order valence-corrected chi connectivity index (χ3v) is 3.14. The van der Waals surface area contributed by atoms with E-state index >= 15 is 0 Å². The second-order valence-electron chi connectivity index (χ2n) is 4.59. The van der Waals surface area contributed by atoms with Crippen LogP contribution >= 0.6 is 0 Å². The van der Waals surface area contributed by atoms with Crippen LogP contribution in [0.3, 0.4) is 0 Å². The molecular formula is C17H16N2O3. The van der Waals surface area contributed by atoms with Gasteiger partial charge in [0, 0.05) is 18.2 Å². The minimum absolute atomic E-state index is 0.203. The van der Waals surface area contributed by atoms with E-state index in [1.165, 1.54) is 0 Å². The van der Waals surface area contributed by atoms with E-state index in [0.29, 0.717) is 29.2 Å². The van der Waals surface area contributed by atoms with Crippen molar-refractivity contribution in [1.29, 1.82) is 5.26 Å². The van der Waals surface area contributed by atoms with E-state index < -0.39 is 0 Å². The zero-order valence-electron chi connectivity index (χ0n) is 12.4. The second kappa shape index (κ2) is 7.14. The Labute approximate surface area is 129 Å². The number of hydrogen-bond acceptors (Lipinski definition) is 4. The summed E-state index contributed by atoms with van der Waals surface area (Å²) in [6, 6.07) is 13.9. The molecule has 5 heteroatoms. The number of methoxy groups -OCH3 is 2. The first-order chi connectivity index (χ1) is 10.7. The van der Waals surface area contributed by atoms with Crippen molar-refractivity contribution in [3.05, 3.63) is 59.2 Å². The number of hydrogen-bond donors (Lipinski definition) is 1. The van der Waals surface area contributed by atoms with E-state index in [-0.39, 0.29) is 5.91 Å². The minimum Gasteiger partial charge on any atom is -0.497 e. The SMILES string of the molecule is COc1cc(CNC(=O)c2ccc(C#N)cc2)cc(OC)c1. The Balaban J connectivity index is 2.05. The van der Waals surface area contributed by atoms with Gasteiger partial charge in [-0.05, 0) is 42.0 Å². The van der Waals surface area contributed by atoms with E-state index in [1.54, 1.807) is 44.6 Å². The monoisotopic (exact) mass is 296 g/mol. The molecule has 0 atom stereocenters. The van der Waals surface area contributed by atoms with Crippen LogP contribution in [0.15, 0.2) is 42.5 Å². The largest absolute Gasteiger partial charge is 0.497 e. The van der Waals surface area contributed by atoms with Crippen LogP contribution in [-0.2, 0) is 6.54 Å². The number of rotatable bonds is 5. The van der Waals surface area contributed by atoms with Gasteiger partial charge in [0.05, 0.1) is 25.9 Å². The smallest absolute Gasteiger partial charge is 0.251 e. The van der Waals surface area contributed by atoms with Crippen molar-refractivity contribution in [3.63, 3.8) is 0 Å². The quantitative estimate of drug-likeness (QED) is 0.920. The van der Waals surface area contributed by atoms with Crippen molar-refractivity contribution in [2.75, 3.05) is 14.2 Å². The average molecular weight is 296 g/mol. The normalized spacial score (nSPS) is 9.68. The lowest BCUT2D eigenvalue weighted by atomic mass is 10.1. The zero-order chi connectivity index (χ0) is 15.9. The summed E-state index contributed by atoms with van der Waals surface area (Å²) in [5.74, 6) is 1.13. The maximum atomic E-state index is 12.1. The molecule has 0 aliphatic rings. The summed E-state index contributed by atoms with van der Waals surface area (Å²) in [6.45, 7) is 0.354. The number of carbonyl (C=O) groups is 1. The number of nitrogens with one attached hydrogen (secondary N) is 1. The lowest BCUT2D eigenvalue weighted by molar-refractivity contribution is 0.0951. The molecule has 0 aliphatic heterocycles. The van der Waals surface area contributed by atoms with Gasteiger partial charge in [0.15, 0.2) is 0 Å². The lowest BCUT2D eigenvalue weighted by Crippen LogP contribution is -2.22. The number of amides is 1. The predicted molar refractivity (Wildman–Crippen MR) is 81.9 cm³/mol. The maximum Gasteiger partial charge on any atom is 0.251 e. The molecule has 2 rings (SSSR count). The van der Waals surface area contributed by atoms with Crippen LogP contribution in [0.25, 0.3) is 0 Å². The van der Waals surface area contributed by atoms with Gasteiger partial charge in [0.1, 0.15) is 11.5 Å². The van der Waals surface area contributed by atoms with Crippen LogP contribution in [0, 0.1) is 11.3 Å². The number of carbonyl (C=O) groups excluding carboxylic acids is 1. The van der Waals surface area contributed by atoms with Gasteiger partial charge in [0.25, 0.3) is 5.91 Å². The highest BCUT2D eigenvalue weighted by Gasteiger charge is 2.07. The third-order valence-electron chi connectivity index (χ3n) is 3.14. The van der Waals surface area contributed by atoms with Crippen molar-refractivity contribution in [2.24, 2.45) is 0 Å². The molecular weight excluding hydrogens is 280 g/mol. The summed E-state index contributed by atoms with van der Waals surface area (Å²) in [4.78, 5) is 12.1. The van der Waals surface area contributed by atoms with E-state index in [1.807, 2.05) is 18.2 Å². The van der Waals surface area contributed by atoms with Crippen molar-refractivity contribution in [2.45, 2.75) is 6.54 Å². The Morgan fingerprint density at radius 1 is 1.09 bits per heavy atom. The molecule has 0 aromatic heterocycles. The minimum atomic E-state index is -0.203. The first kappa shape index (κ1) is 15.4. The van der Waals surface area contributed by atoms with Crippen LogP contribution < -0.4 is 14.8 Å². The van der Waals surface area contributed by atoms with E-state index in [4.69, 9.17) is 14.7 Å². The molecule has 1 amide bonds. The van der Waals surface area contributed by atoms with Gasteiger partial charge in [-0.15, -0.1) is 0 Å². The van der Waals surface area contributed by atoms with Crippen molar-refractivity contribution in [3.8, 4) is 17.6 Å². The van der Waals surface area contributed by atoms with Gasteiger partial charge < -0.3 is 14.8 Å². The fourth-order valence-electron chi connectivity index (χ4n) is 1.95. The molecule has 0 saturated heterocycles. The second-order valence-corrected chi connectivity index (χ2v) is 4.59. The third kappa shape index (κ3) is 3.76. The Hall–Kier alpha value is -3.00. The van der Waals surface area contributed by atoms with Gasteiger partial charge in [-0.1, -0.05) is 0 Å². The summed E-state index contributed by atoms with van der Waals surface area (Å²) in [5, 5.41) is 11.6. The van der Waals surface area contributed by atoms with Crippen molar-refractivity contribution < 1.29 is 14.3 Å². The molecule has 0 aliphatic carbocycles. The summed E-state index contributed by atoms with van der Waals surface area (Å²) < 4.78 is 10.4. The Morgan fingerprint density at radius 2 is 1.68 bits per heavy atom. The first-order valence-electron chi connectivity index (χ1n) is 6.66. The van der Waals surface area contributed by atoms with Gasteiger partial charge in [-0.3, -0.25) is 4.79 Å². The summed E-state index contributed by atoms with van der Waals surface area (Å²) in [5.41, 5.74) is 1.90. The van der Waals surface area contributed by atoms with E-state index in [0.717, 1.165) is 5.56 Å². The highest BCUT2D eigenvalue weighted by Crippen LogP contribution is 2.22. The number of nitrogens with zero attached hydrogens (tertiary/aromatic N) is 1. The molecule has 2 aromatic carbocycles. The fraction of sp³-hybridized carbons (Fsp3) is 0.176. The summed E-state index contributed by atoms with van der Waals surface area (Å²) in [7, 11) is 3.15. The number of nitriles is 1. The Bertz CT molecular complexity index is 681. The molecule has 112 valence electrons. The van der Waals surface area contributed by atoms with Crippen LogP contribution in [0.1, 0.15) is 21.5 Å². The van der Waals surface area contributed by atoms with Crippen molar-refractivity contribution in [1.82, 2.24) is 5.32 Å². The zero-order valence-corrected chi connectivity index (χ0v) is 12.4. The highest BCUT2D eigenvalue weighted by atomic mass is 16.5. The molecule has 0 spiro atoms. The topological polar surface area (TPSA) is 71.3 Å². The lowest BCUT2D eigenvalue weighted by Gasteiger charge is -2.09. The van der Waals surface area contributed by atoms with Crippen LogP contribution in [0.4, 0.5) is 0 Å². The van der Waals surface area contributed by atoms with Gasteiger partial charge in [0.2, 0.25) is 0 Å². The molecule has 0 bridgehead atoms. The van der Waals surface area contributed by atoms with Gasteiger partial charge in [-0.2, -0.15) is 5.26 Å². The fourth-order valence-corrected chi connectivity index (χ4v) is 1.95. The molecule has 0 fully saturated rings. The molecule has 5 nitrogen and oxygen atoms in total. The number of benzene rings is 2. The molecule has 0 unspecified atom stereocenters. The number of ether oxygens (including phenoxy) is 2. The molecule has 22 heavy (non-hydrogen) atoms. The first-order valence-corrected chi connectivity index (χ1v) is 6.66. The van der Waals surface area contributed by atoms with Crippen LogP contribution in [0.5, 0.6) is 11.5 Å². The summed E-state index contributed by atoms with van der Waals surface area (Å²) >= 11 is 0. The maximum absolute atomic E-state index is 12.1. The van der Waals surface area contributed by atoms with Crippen LogP contribution in [0.2, 0.25) is 0 Å². The summed E-state index contributed by atoms with van der Waals surface area (Å²) in [6.07, 6.45) is 0. The van der Waals surface area contributed by atoms with Crippen LogP contribution in [-0.4, -0.2) is 20.1 Å². The highest BCUT2D eigenvalue weighted by molar-refractivity contribution is 5.94. The molecule has 0 heterocycles. The van der Waals surface area contributed by atoms with E-state index in [9.17, 15) is 4.79 Å².